The Kier molecular flexibility index (Phi) is 2.46. The van der Waals surface area contributed by atoms with E-state index in [0.29, 0.717) is 12.5 Å². The molecule has 0 radical (unpaired) electrons. The van der Waals surface area contributed by atoms with Gasteiger partial charge in [0.15, 0.2) is 0 Å². The number of rotatable bonds is 2. The molecule has 0 spiro atoms. The quantitative estimate of drug-likeness (QED) is 0.781. The molecular formula is C12H14N2. The van der Waals surface area contributed by atoms with Crippen molar-refractivity contribution in [3.05, 3.63) is 42.1 Å². The fraction of sp³-hybridized carbons (Fsp3) is 0.250. The molecule has 0 amide bonds. The highest BCUT2D eigenvalue weighted by Gasteiger charge is 2.03. The van der Waals surface area contributed by atoms with E-state index in [-0.39, 0.29) is 0 Å². The first kappa shape index (κ1) is 9.16. The third-order valence-corrected chi connectivity index (χ3v) is 2.55. The molecule has 0 aliphatic carbocycles. The molecule has 72 valence electrons. The van der Waals surface area contributed by atoms with Crippen LogP contribution in [-0.2, 0) is 0 Å². The van der Waals surface area contributed by atoms with Crippen molar-refractivity contribution in [3.8, 4) is 0 Å². The van der Waals surface area contributed by atoms with Gasteiger partial charge in [0.2, 0.25) is 0 Å². The van der Waals surface area contributed by atoms with Crippen LogP contribution in [0.15, 0.2) is 36.5 Å². The first-order valence-electron chi connectivity index (χ1n) is 4.86. The van der Waals surface area contributed by atoms with E-state index in [9.17, 15) is 0 Å². The molecule has 1 heterocycles. The Morgan fingerprint density at radius 3 is 3.00 bits per heavy atom. The third-order valence-electron chi connectivity index (χ3n) is 2.55. The summed E-state index contributed by atoms with van der Waals surface area (Å²) in [5.74, 6) is 0.404. The molecule has 0 fully saturated rings. The molecule has 1 aromatic carbocycles. The van der Waals surface area contributed by atoms with Crippen LogP contribution in [0.3, 0.4) is 0 Å². The predicted molar refractivity (Wildman–Crippen MR) is 59.2 cm³/mol. The molecule has 2 aromatic rings. The molecule has 1 unspecified atom stereocenters. The van der Waals surface area contributed by atoms with Crippen molar-refractivity contribution in [2.45, 2.75) is 12.8 Å². The molecule has 0 bridgehead atoms. The van der Waals surface area contributed by atoms with Gasteiger partial charge >= 0.3 is 0 Å². The molecular weight excluding hydrogens is 172 g/mol. The summed E-state index contributed by atoms with van der Waals surface area (Å²) in [5, 5.41) is 1.18. The molecule has 0 saturated heterocycles. The zero-order valence-electron chi connectivity index (χ0n) is 8.27. The first-order chi connectivity index (χ1) is 6.81. The highest BCUT2D eigenvalue weighted by Crippen LogP contribution is 2.19. The smallest absolute Gasteiger partial charge is 0.0704 e. The molecule has 14 heavy (non-hydrogen) atoms. The Morgan fingerprint density at radius 2 is 2.21 bits per heavy atom. The topological polar surface area (TPSA) is 38.9 Å². The number of aromatic nitrogens is 1. The largest absolute Gasteiger partial charge is 0.330 e. The average Bonchev–Trinajstić information content (AvgIpc) is 2.27. The summed E-state index contributed by atoms with van der Waals surface area (Å²) in [4.78, 5) is 4.32. The Bertz CT molecular complexity index is 437. The van der Waals surface area contributed by atoms with Gasteiger partial charge in [-0.25, -0.2) is 0 Å². The Balaban J connectivity index is 2.51. The zero-order valence-corrected chi connectivity index (χ0v) is 8.27. The average molecular weight is 186 g/mol. The normalized spacial score (nSPS) is 13.0. The summed E-state index contributed by atoms with van der Waals surface area (Å²) >= 11 is 0. The predicted octanol–water partition coefficient (Wildman–Crippen LogP) is 2.30. The van der Waals surface area contributed by atoms with Crippen molar-refractivity contribution in [3.63, 3.8) is 0 Å². The number of hydrogen-bond donors (Lipinski definition) is 1. The van der Waals surface area contributed by atoms with Crippen molar-refractivity contribution < 1.29 is 0 Å². The molecule has 1 aromatic heterocycles. The van der Waals surface area contributed by atoms with E-state index in [1.54, 1.807) is 0 Å². The van der Waals surface area contributed by atoms with E-state index in [1.807, 2.05) is 12.3 Å². The second kappa shape index (κ2) is 3.76. The van der Waals surface area contributed by atoms with Gasteiger partial charge in [-0.05, 0) is 30.2 Å². The van der Waals surface area contributed by atoms with Crippen molar-refractivity contribution in [2.75, 3.05) is 6.54 Å². The minimum Gasteiger partial charge on any atom is -0.330 e. The molecule has 2 N–H and O–H groups in total. The maximum Gasteiger partial charge on any atom is 0.0704 e. The molecule has 2 rings (SSSR count). The van der Waals surface area contributed by atoms with Crippen LogP contribution in [0.2, 0.25) is 0 Å². The summed E-state index contributed by atoms with van der Waals surface area (Å²) in [7, 11) is 0. The summed E-state index contributed by atoms with van der Waals surface area (Å²) in [6.07, 6.45) is 1.82. The zero-order chi connectivity index (χ0) is 9.97. The van der Waals surface area contributed by atoms with Crippen molar-refractivity contribution in [2.24, 2.45) is 5.73 Å². The lowest BCUT2D eigenvalue weighted by Gasteiger charge is -2.09. The lowest BCUT2D eigenvalue weighted by atomic mass is 10.00. The van der Waals surface area contributed by atoms with E-state index in [1.165, 1.54) is 10.9 Å². The number of fused-ring (bicyclic) bond motifs is 1. The fourth-order valence-electron chi connectivity index (χ4n) is 1.53. The molecule has 2 nitrogen and oxygen atoms in total. The first-order valence-corrected chi connectivity index (χ1v) is 4.86. The van der Waals surface area contributed by atoms with Crippen LogP contribution >= 0.6 is 0 Å². The maximum absolute atomic E-state index is 5.63. The second-order valence-electron chi connectivity index (χ2n) is 3.59. The molecule has 2 heteroatoms. The Hall–Kier alpha value is -1.41. The van der Waals surface area contributed by atoms with E-state index in [4.69, 9.17) is 5.73 Å². The van der Waals surface area contributed by atoms with E-state index >= 15 is 0 Å². The highest BCUT2D eigenvalue weighted by molar-refractivity contribution is 5.78. The van der Waals surface area contributed by atoms with E-state index < -0.39 is 0 Å². The number of hydrogen-bond acceptors (Lipinski definition) is 2. The van der Waals surface area contributed by atoms with Gasteiger partial charge in [-0.2, -0.15) is 0 Å². The van der Waals surface area contributed by atoms with Crippen molar-refractivity contribution >= 4 is 10.9 Å². The van der Waals surface area contributed by atoms with Gasteiger partial charge in [0, 0.05) is 11.6 Å². The van der Waals surface area contributed by atoms with E-state index in [2.05, 4.69) is 36.2 Å². The summed E-state index contributed by atoms with van der Waals surface area (Å²) in [6.45, 7) is 2.81. The standard InChI is InChI=1S/C12H14N2/c1-9(8-13)11-5-4-10-3-2-6-14-12(10)7-11/h2-7,9H,8,13H2,1H3. The van der Waals surface area contributed by atoms with Crippen LogP contribution in [0.4, 0.5) is 0 Å². The van der Waals surface area contributed by atoms with Gasteiger partial charge in [-0.1, -0.05) is 25.1 Å². The second-order valence-corrected chi connectivity index (χ2v) is 3.59. The van der Waals surface area contributed by atoms with Crippen molar-refractivity contribution in [1.82, 2.24) is 4.98 Å². The van der Waals surface area contributed by atoms with Crippen LogP contribution in [0.1, 0.15) is 18.4 Å². The SMILES string of the molecule is CC(CN)c1ccc2cccnc2c1. The lowest BCUT2D eigenvalue weighted by Crippen LogP contribution is -2.08. The maximum atomic E-state index is 5.63. The van der Waals surface area contributed by atoms with Crippen LogP contribution in [0.25, 0.3) is 10.9 Å². The molecule has 0 saturated carbocycles. The third kappa shape index (κ3) is 1.61. The van der Waals surface area contributed by atoms with Gasteiger partial charge in [-0.15, -0.1) is 0 Å². The molecule has 0 aliphatic rings. The highest BCUT2D eigenvalue weighted by atomic mass is 14.6. The van der Waals surface area contributed by atoms with Gasteiger partial charge in [0.1, 0.15) is 0 Å². The fourth-order valence-corrected chi connectivity index (χ4v) is 1.53. The van der Waals surface area contributed by atoms with Crippen molar-refractivity contribution in [1.29, 1.82) is 0 Å². The molecule has 0 aliphatic heterocycles. The van der Waals surface area contributed by atoms with Crippen LogP contribution in [0.5, 0.6) is 0 Å². The summed E-state index contributed by atoms with van der Waals surface area (Å²) < 4.78 is 0. The van der Waals surface area contributed by atoms with Gasteiger partial charge in [0.05, 0.1) is 5.52 Å². The van der Waals surface area contributed by atoms with Crippen LogP contribution in [-0.4, -0.2) is 11.5 Å². The van der Waals surface area contributed by atoms with Gasteiger partial charge in [-0.3, -0.25) is 4.98 Å². The van der Waals surface area contributed by atoms with Gasteiger partial charge in [0.25, 0.3) is 0 Å². The number of benzene rings is 1. The van der Waals surface area contributed by atoms with Crippen LogP contribution < -0.4 is 5.73 Å². The monoisotopic (exact) mass is 186 g/mol. The van der Waals surface area contributed by atoms with Gasteiger partial charge < -0.3 is 5.73 Å². The minimum absolute atomic E-state index is 0.404. The summed E-state index contributed by atoms with van der Waals surface area (Å²) in [5.41, 5.74) is 7.94. The summed E-state index contributed by atoms with van der Waals surface area (Å²) in [6, 6.07) is 10.4. The van der Waals surface area contributed by atoms with Crippen LogP contribution in [0, 0.1) is 0 Å². The minimum atomic E-state index is 0.404. The van der Waals surface area contributed by atoms with E-state index in [0.717, 1.165) is 5.52 Å². The number of nitrogens with two attached hydrogens (primary N) is 1. The Labute approximate surface area is 83.8 Å². The number of nitrogens with zero attached hydrogens (tertiary/aromatic N) is 1. The Morgan fingerprint density at radius 1 is 1.36 bits per heavy atom. The lowest BCUT2D eigenvalue weighted by molar-refractivity contribution is 0.775. The number of pyridine rings is 1. The molecule has 1 atom stereocenters.